The van der Waals surface area contributed by atoms with Crippen LogP contribution in [0.2, 0.25) is 0 Å². The molecule has 2 nitrogen and oxygen atoms in total. The number of fused-ring (bicyclic) bond motifs is 6. The smallest absolute Gasteiger partial charge is 0.0701 e. The van der Waals surface area contributed by atoms with E-state index < -0.39 is 0 Å². The first kappa shape index (κ1) is 39.6. The van der Waals surface area contributed by atoms with Gasteiger partial charge >= 0.3 is 0 Å². The Hall–Kier alpha value is -8.72. The first-order valence-corrected chi connectivity index (χ1v) is 23.7. The van der Waals surface area contributed by atoms with Crippen LogP contribution >= 0.6 is 0 Å². The number of benzene rings is 10. The van der Waals surface area contributed by atoms with Crippen molar-refractivity contribution in [1.29, 1.82) is 0 Å². The molecule has 2 heteroatoms. The van der Waals surface area contributed by atoms with E-state index in [1.165, 1.54) is 106 Å². The SMILES string of the molecule is C1=CC(c2ccccc2-c2ccccc2-n2c3ccc(-c4ccc(-c5ccccc5)cc4)cc3c3cc(-c4ccc(-c5ccccc5)cc4)ccc32)C2C(=C1)c1ccccc1N2c1ccccc1. The number of anilines is 2. The molecule has 0 amide bonds. The molecule has 1 aliphatic carbocycles. The van der Waals surface area contributed by atoms with Crippen LogP contribution < -0.4 is 4.90 Å². The molecule has 0 N–H and O–H groups in total. The first-order chi connectivity index (χ1) is 33.7. The molecule has 0 saturated carbocycles. The zero-order valence-corrected chi connectivity index (χ0v) is 37.5. The predicted octanol–water partition coefficient (Wildman–Crippen LogP) is 17.4. The molecule has 0 bridgehead atoms. The molecule has 0 saturated heterocycles. The van der Waals surface area contributed by atoms with E-state index in [1.54, 1.807) is 0 Å². The summed E-state index contributed by atoms with van der Waals surface area (Å²) in [6.45, 7) is 0. The summed E-state index contributed by atoms with van der Waals surface area (Å²) in [5.41, 5.74) is 22.0. The number of hydrogen-bond donors (Lipinski definition) is 0. The second-order valence-electron chi connectivity index (χ2n) is 18.0. The van der Waals surface area contributed by atoms with Crippen molar-refractivity contribution in [2.75, 3.05) is 4.90 Å². The van der Waals surface area contributed by atoms with E-state index in [9.17, 15) is 0 Å². The number of nitrogens with zero attached hydrogens (tertiary/aromatic N) is 2. The molecule has 10 aromatic carbocycles. The minimum Gasteiger partial charge on any atom is -0.332 e. The van der Waals surface area contributed by atoms with E-state index in [0.29, 0.717) is 0 Å². The summed E-state index contributed by atoms with van der Waals surface area (Å²) in [7, 11) is 0. The van der Waals surface area contributed by atoms with Gasteiger partial charge in [0.1, 0.15) is 0 Å². The Morgan fingerprint density at radius 3 is 1.32 bits per heavy atom. The number of para-hydroxylation sites is 3. The largest absolute Gasteiger partial charge is 0.332 e. The quantitative estimate of drug-likeness (QED) is 0.148. The maximum absolute atomic E-state index is 2.56. The minimum atomic E-state index is 0.0942. The summed E-state index contributed by atoms with van der Waals surface area (Å²) in [6.07, 6.45) is 7.02. The molecule has 68 heavy (non-hydrogen) atoms. The van der Waals surface area contributed by atoms with Crippen LogP contribution in [0.15, 0.2) is 267 Å². The lowest BCUT2D eigenvalue weighted by molar-refractivity contribution is 0.724. The lowest BCUT2D eigenvalue weighted by Gasteiger charge is -2.35. The predicted molar refractivity (Wildman–Crippen MR) is 287 cm³/mol. The molecule has 0 spiro atoms. The summed E-state index contributed by atoms with van der Waals surface area (Å²) >= 11 is 0. The average Bonchev–Trinajstić information content (AvgIpc) is 3.94. The van der Waals surface area contributed by atoms with Crippen LogP contribution in [-0.4, -0.2) is 10.6 Å². The third kappa shape index (κ3) is 6.72. The van der Waals surface area contributed by atoms with E-state index >= 15 is 0 Å². The molecule has 2 unspecified atom stereocenters. The molecular formula is C66H46N2. The highest BCUT2D eigenvalue weighted by molar-refractivity contribution is 6.12. The van der Waals surface area contributed by atoms with Crippen LogP contribution in [0.4, 0.5) is 11.4 Å². The fourth-order valence-electron chi connectivity index (χ4n) is 11.0. The second-order valence-corrected chi connectivity index (χ2v) is 18.0. The number of rotatable bonds is 8. The highest BCUT2D eigenvalue weighted by Gasteiger charge is 2.41. The van der Waals surface area contributed by atoms with Crippen LogP contribution in [0.5, 0.6) is 0 Å². The zero-order valence-electron chi connectivity index (χ0n) is 37.5. The molecular weight excluding hydrogens is 821 g/mol. The molecule has 2 heterocycles. The molecule has 0 fully saturated rings. The average molecular weight is 867 g/mol. The van der Waals surface area contributed by atoms with Gasteiger partial charge in [-0.1, -0.05) is 218 Å². The standard InChI is InChI=1S/C66H46N2/c1-4-17-45(18-5-1)47-31-35-49(36-32-47)51-39-41-64-60(43-51)61-44-52(50-37-33-48(34-38-50)46-19-6-2-7-20-46)40-42-65(61)68(64)63-30-15-12-25-56(63)54-23-10-11-24-55(54)58-27-16-28-59-57-26-13-14-29-62(57)67(66(58)59)53-21-8-3-9-22-53/h1-44,58,66H. The third-order valence-electron chi connectivity index (χ3n) is 14.2. The Kier molecular flexibility index (Phi) is 9.68. The molecule has 1 aromatic heterocycles. The van der Waals surface area contributed by atoms with Crippen LogP contribution in [0.25, 0.3) is 88.7 Å². The van der Waals surface area contributed by atoms with Gasteiger partial charge in [0.05, 0.1) is 22.8 Å². The Balaban J connectivity index is 0.965. The van der Waals surface area contributed by atoms with Gasteiger partial charge in [0.15, 0.2) is 0 Å². The van der Waals surface area contributed by atoms with Crippen molar-refractivity contribution >= 4 is 38.8 Å². The van der Waals surface area contributed by atoms with E-state index in [2.05, 4.69) is 276 Å². The molecule has 11 aromatic rings. The van der Waals surface area contributed by atoms with Gasteiger partial charge in [-0.2, -0.15) is 0 Å². The summed E-state index contributed by atoms with van der Waals surface area (Å²) in [5.74, 6) is 0.0942. The van der Waals surface area contributed by atoms with Crippen LogP contribution in [0.3, 0.4) is 0 Å². The van der Waals surface area contributed by atoms with Gasteiger partial charge in [-0.15, -0.1) is 0 Å². The summed E-state index contributed by atoms with van der Waals surface area (Å²) in [6, 6.07) is 91.3. The molecule has 2 aliphatic rings. The summed E-state index contributed by atoms with van der Waals surface area (Å²) in [5, 5.41) is 2.45. The third-order valence-corrected chi connectivity index (χ3v) is 14.2. The fraction of sp³-hybridized carbons (Fsp3) is 0.0303. The lowest BCUT2D eigenvalue weighted by atomic mass is 9.79. The topological polar surface area (TPSA) is 8.17 Å². The minimum absolute atomic E-state index is 0.0942. The first-order valence-electron chi connectivity index (χ1n) is 23.7. The van der Waals surface area contributed by atoms with Gasteiger partial charge in [-0.05, 0) is 110 Å². The Morgan fingerprint density at radius 1 is 0.324 bits per heavy atom. The van der Waals surface area contributed by atoms with Crippen molar-refractivity contribution in [3.8, 4) is 61.3 Å². The van der Waals surface area contributed by atoms with Crippen molar-refractivity contribution in [3.05, 3.63) is 278 Å². The molecule has 320 valence electrons. The van der Waals surface area contributed by atoms with Crippen molar-refractivity contribution in [3.63, 3.8) is 0 Å². The van der Waals surface area contributed by atoms with Gasteiger partial charge < -0.3 is 9.47 Å². The van der Waals surface area contributed by atoms with Crippen LogP contribution in [0, 0.1) is 0 Å². The lowest BCUT2D eigenvalue weighted by Crippen LogP contribution is -2.33. The molecule has 13 rings (SSSR count). The zero-order chi connectivity index (χ0) is 45.0. The van der Waals surface area contributed by atoms with Gasteiger partial charge in [-0.25, -0.2) is 0 Å². The Morgan fingerprint density at radius 2 is 0.750 bits per heavy atom. The van der Waals surface area contributed by atoms with Gasteiger partial charge in [0.25, 0.3) is 0 Å². The van der Waals surface area contributed by atoms with Crippen LogP contribution in [-0.2, 0) is 0 Å². The maximum Gasteiger partial charge on any atom is 0.0701 e. The van der Waals surface area contributed by atoms with E-state index in [1.807, 2.05) is 0 Å². The van der Waals surface area contributed by atoms with E-state index in [-0.39, 0.29) is 12.0 Å². The van der Waals surface area contributed by atoms with E-state index in [0.717, 1.165) is 5.69 Å². The van der Waals surface area contributed by atoms with Crippen molar-refractivity contribution in [2.24, 2.45) is 0 Å². The highest BCUT2D eigenvalue weighted by atomic mass is 15.2. The van der Waals surface area contributed by atoms with Gasteiger partial charge in [-0.3, -0.25) is 0 Å². The monoisotopic (exact) mass is 866 g/mol. The molecule has 2 atom stereocenters. The highest BCUT2D eigenvalue weighted by Crippen LogP contribution is 2.52. The van der Waals surface area contributed by atoms with Crippen molar-refractivity contribution in [2.45, 2.75) is 12.0 Å². The second kappa shape index (κ2) is 16.6. The Labute approximate surface area is 397 Å². The van der Waals surface area contributed by atoms with Crippen LogP contribution in [0.1, 0.15) is 17.0 Å². The van der Waals surface area contributed by atoms with Gasteiger partial charge in [0.2, 0.25) is 0 Å². The van der Waals surface area contributed by atoms with Crippen molar-refractivity contribution in [1.82, 2.24) is 4.57 Å². The number of allylic oxidation sites excluding steroid dienone is 2. The Bertz CT molecular complexity index is 3570. The summed E-state index contributed by atoms with van der Waals surface area (Å²) in [4.78, 5) is 2.56. The summed E-state index contributed by atoms with van der Waals surface area (Å²) < 4.78 is 2.51. The normalized spacial score (nSPS) is 15.1. The molecule has 0 radical (unpaired) electrons. The van der Waals surface area contributed by atoms with Gasteiger partial charge in [0, 0.05) is 39.2 Å². The maximum atomic E-state index is 2.56. The van der Waals surface area contributed by atoms with Crippen molar-refractivity contribution < 1.29 is 0 Å². The fourth-order valence-corrected chi connectivity index (χ4v) is 11.0. The number of aromatic nitrogens is 1. The van der Waals surface area contributed by atoms with E-state index in [4.69, 9.17) is 0 Å². The molecule has 1 aliphatic heterocycles. The number of hydrogen-bond acceptors (Lipinski definition) is 1.